The first kappa shape index (κ1) is 14.1. The molecule has 3 atom stereocenters. The number of hydrogen-bond acceptors (Lipinski definition) is 5. The second-order valence-corrected chi connectivity index (χ2v) is 5.81. The van der Waals surface area contributed by atoms with Crippen LogP contribution >= 0.6 is 0 Å². The summed E-state index contributed by atoms with van der Waals surface area (Å²) in [7, 11) is 0. The largest absolute Gasteiger partial charge is 0.385 e. The molecule has 0 radical (unpaired) electrons. The summed E-state index contributed by atoms with van der Waals surface area (Å²) in [6.45, 7) is 2.87. The number of nitro benzene ring substituents is 1. The molecule has 2 aliphatic rings. The van der Waals surface area contributed by atoms with Gasteiger partial charge in [0.05, 0.1) is 23.2 Å². The van der Waals surface area contributed by atoms with Crippen molar-refractivity contribution in [3.8, 4) is 0 Å². The van der Waals surface area contributed by atoms with Gasteiger partial charge in [0.2, 0.25) is 0 Å². The van der Waals surface area contributed by atoms with Gasteiger partial charge in [0.1, 0.15) is 0 Å². The molecule has 0 amide bonds. The maximum Gasteiger partial charge on any atom is 0.273 e. The van der Waals surface area contributed by atoms with Crippen molar-refractivity contribution in [3.05, 3.63) is 28.3 Å². The Morgan fingerprint density at radius 2 is 2.14 bits per heavy atom. The van der Waals surface area contributed by atoms with Crippen LogP contribution in [0.4, 0.5) is 17.1 Å². The normalized spacial score (nSPS) is 26.8. The minimum Gasteiger partial charge on any atom is -0.385 e. The van der Waals surface area contributed by atoms with Gasteiger partial charge in [-0.3, -0.25) is 10.1 Å². The molecule has 0 aromatic heterocycles. The van der Waals surface area contributed by atoms with Gasteiger partial charge in [-0.15, -0.1) is 0 Å². The van der Waals surface area contributed by atoms with E-state index in [1.807, 2.05) is 6.07 Å². The zero-order chi connectivity index (χ0) is 14.8. The Morgan fingerprint density at radius 1 is 1.33 bits per heavy atom. The third-order valence-electron chi connectivity index (χ3n) is 4.17. The number of nitrogens with zero attached hydrogens (tertiary/aromatic N) is 1. The SMILES string of the molecule is CCCNc1cc(NC2CC3CCC2O3)cc([N+](=O)[O-])c1. The van der Waals surface area contributed by atoms with Crippen molar-refractivity contribution in [2.45, 2.75) is 50.9 Å². The number of benzene rings is 1. The van der Waals surface area contributed by atoms with Gasteiger partial charge in [-0.05, 0) is 31.7 Å². The molecule has 3 rings (SSSR count). The predicted octanol–water partition coefficient (Wildman–Crippen LogP) is 3.15. The summed E-state index contributed by atoms with van der Waals surface area (Å²) in [6, 6.07) is 5.39. The second-order valence-electron chi connectivity index (χ2n) is 5.81. The lowest BCUT2D eigenvalue weighted by Crippen LogP contribution is -2.30. The molecule has 2 heterocycles. The van der Waals surface area contributed by atoms with E-state index < -0.39 is 0 Å². The second kappa shape index (κ2) is 5.89. The molecule has 21 heavy (non-hydrogen) atoms. The highest BCUT2D eigenvalue weighted by molar-refractivity contribution is 5.64. The summed E-state index contributed by atoms with van der Waals surface area (Å²) in [4.78, 5) is 10.7. The molecule has 6 heteroatoms. The molecule has 3 unspecified atom stereocenters. The third-order valence-corrected chi connectivity index (χ3v) is 4.17. The van der Waals surface area contributed by atoms with Crippen LogP contribution in [0.5, 0.6) is 0 Å². The third kappa shape index (κ3) is 3.10. The van der Waals surface area contributed by atoms with Gasteiger partial charge in [0.25, 0.3) is 5.69 Å². The van der Waals surface area contributed by atoms with Gasteiger partial charge < -0.3 is 15.4 Å². The fourth-order valence-electron chi connectivity index (χ4n) is 3.18. The standard InChI is InChI=1S/C15H21N3O3/c1-2-5-16-10-6-11(8-12(7-10)18(19)20)17-14-9-13-3-4-15(14)21-13/h6-8,13-17H,2-5,9H2,1H3. The quantitative estimate of drug-likeness (QED) is 0.622. The van der Waals surface area contributed by atoms with E-state index in [1.165, 1.54) is 0 Å². The lowest BCUT2D eigenvalue weighted by Gasteiger charge is -2.21. The van der Waals surface area contributed by atoms with Crippen molar-refractivity contribution in [1.29, 1.82) is 0 Å². The highest BCUT2D eigenvalue weighted by Crippen LogP contribution is 2.36. The summed E-state index contributed by atoms with van der Waals surface area (Å²) in [5.41, 5.74) is 1.70. The van der Waals surface area contributed by atoms with Gasteiger partial charge in [0, 0.05) is 30.1 Å². The fourth-order valence-corrected chi connectivity index (χ4v) is 3.18. The molecular weight excluding hydrogens is 270 g/mol. The number of anilines is 2. The lowest BCUT2D eigenvalue weighted by atomic mass is 9.95. The van der Waals surface area contributed by atoms with Crippen molar-refractivity contribution in [2.24, 2.45) is 0 Å². The number of rotatable bonds is 6. The molecule has 2 aliphatic heterocycles. The number of fused-ring (bicyclic) bond motifs is 2. The maximum absolute atomic E-state index is 11.1. The molecule has 2 bridgehead atoms. The highest BCUT2D eigenvalue weighted by Gasteiger charge is 2.40. The van der Waals surface area contributed by atoms with Crippen molar-refractivity contribution in [1.82, 2.24) is 0 Å². The Hall–Kier alpha value is -1.82. The van der Waals surface area contributed by atoms with Crippen LogP contribution in [-0.2, 0) is 4.74 Å². The molecule has 1 aromatic carbocycles. The molecule has 114 valence electrons. The predicted molar refractivity (Wildman–Crippen MR) is 81.8 cm³/mol. The summed E-state index contributed by atoms with van der Waals surface area (Å²) in [5.74, 6) is 0. The first-order chi connectivity index (χ1) is 10.2. The van der Waals surface area contributed by atoms with Crippen LogP contribution in [0.3, 0.4) is 0 Å². The van der Waals surface area contributed by atoms with Gasteiger partial charge >= 0.3 is 0 Å². The maximum atomic E-state index is 11.1. The average Bonchev–Trinajstić information content (AvgIpc) is 3.07. The van der Waals surface area contributed by atoms with Crippen LogP contribution in [0.15, 0.2) is 18.2 Å². The van der Waals surface area contributed by atoms with E-state index in [1.54, 1.807) is 12.1 Å². The zero-order valence-electron chi connectivity index (χ0n) is 12.2. The molecule has 6 nitrogen and oxygen atoms in total. The zero-order valence-corrected chi connectivity index (χ0v) is 12.2. The summed E-state index contributed by atoms with van der Waals surface area (Å²) >= 11 is 0. The summed E-state index contributed by atoms with van der Waals surface area (Å²) < 4.78 is 5.82. The van der Waals surface area contributed by atoms with E-state index in [2.05, 4.69) is 17.6 Å². The van der Waals surface area contributed by atoms with E-state index in [4.69, 9.17) is 4.74 Å². The van der Waals surface area contributed by atoms with Crippen LogP contribution in [0.1, 0.15) is 32.6 Å². The van der Waals surface area contributed by atoms with E-state index in [0.717, 1.165) is 43.6 Å². The van der Waals surface area contributed by atoms with E-state index in [-0.39, 0.29) is 22.8 Å². The molecule has 2 N–H and O–H groups in total. The monoisotopic (exact) mass is 291 g/mol. The van der Waals surface area contributed by atoms with E-state index >= 15 is 0 Å². The number of non-ortho nitro benzene ring substituents is 1. The molecule has 0 spiro atoms. The van der Waals surface area contributed by atoms with Crippen LogP contribution in [-0.4, -0.2) is 29.7 Å². The number of nitro groups is 1. The number of ether oxygens (including phenoxy) is 1. The fraction of sp³-hybridized carbons (Fsp3) is 0.600. The molecular formula is C15H21N3O3. The van der Waals surface area contributed by atoms with Gasteiger partial charge in [0.15, 0.2) is 0 Å². The Labute approximate surface area is 124 Å². The number of nitrogens with one attached hydrogen (secondary N) is 2. The smallest absolute Gasteiger partial charge is 0.273 e. The van der Waals surface area contributed by atoms with Gasteiger partial charge in [-0.25, -0.2) is 0 Å². The van der Waals surface area contributed by atoms with E-state index in [9.17, 15) is 10.1 Å². The van der Waals surface area contributed by atoms with Crippen molar-refractivity contribution in [2.75, 3.05) is 17.2 Å². The van der Waals surface area contributed by atoms with Crippen LogP contribution in [0, 0.1) is 10.1 Å². The van der Waals surface area contributed by atoms with Crippen molar-refractivity contribution >= 4 is 17.1 Å². The molecule has 2 saturated heterocycles. The number of hydrogen-bond donors (Lipinski definition) is 2. The summed E-state index contributed by atoms with van der Waals surface area (Å²) in [6.07, 6.45) is 4.81. The van der Waals surface area contributed by atoms with Gasteiger partial charge in [-0.1, -0.05) is 6.92 Å². The Morgan fingerprint density at radius 3 is 2.76 bits per heavy atom. The summed E-state index contributed by atoms with van der Waals surface area (Å²) in [5, 5.41) is 17.7. The van der Waals surface area contributed by atoms with Crippen molar-refractivity contribution in [3.63, 3.8) is 0 Å². The Balaban J connectivity index is 1.76. The minimum absolute atomic E-state index is 0.114. The minimum atomic E-state index is -0.348. The van der Waals surface area contributed by atoms with Crippen LogP contribution in [0.25, 0.3) is 0 Å². The first-order valence-electron chi connectivity index (χ1n) is 7.61. The first-order valence-corrected chi connectivity index (χ1v) is 7.61. The molecule has 0 aliphatic carbocycles. The Bertz CT molecular complexity index is 535. The molecule has 1 aromatic rings. The van der Waals surface area contributed by atoms with Crippen molar-refractivity contribution < 1.29 is 9.66 Å². The topological polar surface area (TPSA) is 76.4 Å². The highest BCUT2D eigenvalue weighted by atomic mass is 16.6. The van der Waals surface area contributed by atoms with Crippen LogP contribution < -0.4 is 10.6 Å². The lowest BCUT2D eigenvalue weighted by molar-refractivity contribution is -0.384. The molecule has 0 saturated carbocycles. The average molecular weight is 291 g/mol. The molecule has 2 fully saturated rings. The van der Waals surface area contributed by atoms with E-state index in [0.29, 0.717) is 6.10 Å². The Kier molecular flexibility index (Phi) is 3.96. The van der Waals surface area contributed by atoms with Crippen LogP contribution in [0.2, 0.25) is 0 Å². The van der Waals surface area contributed by atoms with Gasteiger partial charge in [-0.2, -0.15) is 0 Å².